The van der Waals surface area contributed by atoms with Crippen LogP contribution in [-0.2, 0) is 11.2 Å². The SMILES string of the molecule is COCCc1ccc(C2CCC(C3CCC(C)CC3)CC2)c(F)c1F. The molecule has 0 spiro atoms. The van der Waals surface area contributed by atoms with Crippen molar-refractivity contribution in [3.8, 4) is 0 Å². The van der Waals surface area contributed by atoms with Crippen LogP contribution < -0.4 is 0 Å². The van der Waals surface area contributed by atoms with Crippen LogP contribution in [0.1, 0.15) is 75.3 Å². The number of ether oxygens (including phenoxy) is 1. The average molecular weight is 350 g/mol. The molecule has 1 aromatic rings. The first-order valence-corrected chi connectivity index (χ1v) is 10.1. The van der Waals surface area contributed by atoms with E-state index < -0.39 is 11.6 Å². The summed E-state index contributed by atoms with van der Waals surface area (Å²) in [6.45, 7) is 2.78. The van der Waals surface area contributed by atoms with Gasteiger partial charge in [0.1, 0.15) is 0 Å². The second kappa shape index (κ2) is 8.62. The van der Waals surface area contributed by atoms with E-state index in [4.69, 9.17) is 4.74 Å². The van der Waals surface area contributed by atoms with E-state index in [0.29, 0.717) is 24.2 Å². The maximum atomic E-state index is 14.6. The van der Waals surface area contributed by atoms with E-state index in [0.717, 1.165) is 30.6 Å². The third-order valence-electron chi connectivity index (χ3n) is 6.71. The Labute approximate surface area is 151 Å². The smallest absolute Gasteiger partial charge is 0.162 e. The third-order valence-corrected chi connectivity index (χ3v) is 6.71. The molecule has 0 unspecified atom stereocenters. The van der Waals surface area contributed by atoms with Crippen LogP contribution >= 0.6 is 0 Å². The van der Waals surface area contributed by atoms with Crippen LogP contribution in [0.25, 0.3) is 0 Å². The summed E-state index contributed by atoms with van der Waals surface area (Å²) in [6.07, 6.45) is 10.3. The van der Waals surface area contributed by atoms with E-state index in [-0.39, 0.29) is 5.92 Å². The van der Waals surface area contributed by atoms with Crippen molar-refractivity contribution >= 4 is 0 Å². The van der Waals surface area contributed by atoms with Gasteiger partial charge < -0.3 is 4.74 Å². The molecule has 0 heterocycles. The summed E-state index contributed by atoms with van der Waals surface area (Å²) >= 11 is 0. The Balaban J connectivity index is 1.60. The minimum absolute atomic E-state index is 0.185. The second-order valence-electron chi connectivity index (χ2n) is 8.32. The van der Waals surface area contributed by atoms with Crippen LogP contribution in [0.5, 0.6) is 0 Å². The topological polar surface area (TPSA) is 9.23 Å². The van der Waals surface area contributed by atoms with Gasteiger partial charge >= 0.3 is 0 Å². The van der Waals surface area contributed by atoms with E-state index in [1.165, 1.54) is 38.5 Å². The fraction of sp³-hybridized carbons (Fsp3) is 0.727. The standard InChI is InChI=1S/C22H32F2O/c1-15-3-5-16(6-4-15)17-7-9-18(10-8-17)20-12-11-19(13-14-25-2)21(23)22(20)24/h11-12,15-18H,3-10,13-14H2,1-2H3. The maximum absolute atomic E-state index is 14.6. The summed E-state index contributed by atoms with van der Waals surface area (Å²) in [6, 6.07) is 3.57. The largest absolute Gasteiger partial charge is 0.384 e. The van der Waals surface area contributed by atoms with Crippen LogP contribution in [0.3, 0.4) is 0 Å². The number of hydrogen-bond donors (Lipinski definition) is 0. The van der Waals surface area contributed by atoms with Gasteiger partial charge in [0, 0.05) is 7.11 Å². The predicted octanol–water partition coefficient (Wildman–Crippen LogP) is 6.25. The molecule has 0 aromatic heterocycles. The number of rotatable bonds is 5. The summed E-state index contributed by atoms with van der Waals surface area (Å²) in [5, 5.41) is 0. The molecule has 0 aliphatic heterocycles. The van der Waals surface area contributed by atoms with Crippen LogP contribution in [0, 0.1) is 29.4 Å². The monoisotopic (exact) mass is 350 g/mol. The molecule has 0 amide bonds. The highest BCUT2D eigenvalue weighted by molar-refractivity contribution is 5.29. The van der Waals surface area contributed by atoms with Gasteiger partial charge in [-0.1, -0.05) is 31.9 Å². The lowest BCUT2D eigenvalue weighted by Crippen LogP contribution is -2.25. The Morgan fingerprint density at radius 1 is 0.880 bits per heavy atom. The maximum Gasteiger partial charge on any atom is 0.162 e. The van der Waals surface area contributed by atoms with E-state index in [2.05, 4.69) is 6.92 Å². The molecule has 1 nitrogen and oxygen atoms in total. The van der Waals surface area contributed by atoms with E-state index in [9.17, 15) is 8.78 Å². The molecule has 0 radical (unpaired) electrons. The van der Waals surface area contributed by atoms with Crippen molar-refractivity contribution in [2.24, 2.45) is 17.8 Å². The zero-order valence-corrected chi connectivity index (χ0v) is 15.7. The molecule has 0 atom stereocenters. The number of halogens is 2. The number of hydrogen-bond acceptors (Lipinski definition) is 1. The van der Waals surface area contributed by atoms with E-state index in [1.54, 1.807) is 13.2 Å². The fourth-order valence-corrected chi connectivity index (χ4v) is 4.98. The van der Waals surface area contributed by atoms with Crippen LogP contribution in [0.15, 0.2) is 12.1 Å². The van der Waals surface area contributed by atoms with Gasteiger partial charge in [-0.25, -0.2) is 8.78 Å². The van der Waals surface area contributed by atoms with Crippen molar-refractivity contribution < 1.29 is 13.5 Å². The van der Waals surface area contributed by atoms with Gasteiger partial charge in [0.2, 0.25) is 0 Å². The van der Waals surface area contributed by atoms with Gasteiger partial charge in [0.05, 0.1) is 6.61 Å². The summed E-state index contributed by atoms with van der Waals surface area (Å²) < 4.78 is 33.8. The second-order valence-corrected chi connectivity index (χ2v) is 8.32. The molecule has 0 N–H and O–H groups in total. The predicted molar refractivity (Wildman–Crippen MR) is 97.8 cm³/mol. The van der Waals surface area contributed by atoms with Crippen molar-refractivity contribution in [2.75, 3.05) is 13.7 Å². The first-order chi connectivity index (χ1) is 12.1. The fourth-order valence-electron chi connectivity index (χ4n) is 4.98. The van der Waals surface area contributed by atoms with Crippen molar-refractivity contribution in [2.45, 2.75) is 70.6 Å². The van der Waals surface area contributed by atoms with Gasteiger partial charge in [-0.3, -0.25) is 0 Å². The minimum Gasteiger partial charge on any atom is -0.384 e. The Hall–Kier alpha value is -0.960. The first kappa shape index (κ1) is 18.8. The lowest BCUT2D eigenvalue weighted by Gasteiger charge is -2.37. The Bertz CT molecular complexity index is 555. The highest BCUT2D eigenvalue weighted by Gasteiger charge is 2.31. The lowest BCUT2D eigenvalue weighted by molar-refractivity contribution is 0.164. The third kappa shape index (κ3) is 4.42. The lowest BCUT2D eigenvalue weighted by atomic mass is 9.68. The van der Waals surface area contributed by atoms with Crippen molar-refractivity contribution in [3.05, 3.63) is 34.9 Å². The molecular formula is C22H32F2O. The highest BCUT2D eigenvalue weighted by Crippen LogP contribution is 2.44. The molecule has 140 valence electrons. The molecule has 2 aliphatic rings. The van der Waals surface area contributed by atoms with Crippen molar-refractivity contribution in [3.63, 3.8) is 0 Å². The Morgan fingerprint density at radius 2 is 1.48 bits per heavy atom. The van der Waals surface area contributed by atoms with Crippen LogP contribution in [0.2, 0.25) is 0 Å². The minimum atomic E-state index is -0.669. The molecule has 2 saturated carbocycles. The summed E-state index contributed by atoms with van der Waals surface area (Å²) in [7, 11) is 1.58. The van der Waals surface area contributed by atoms with Gasteiger partial charge in [-0.15, -0.1) is 0 Å². The van der Waals surface area contributed by atoms with Crippen molar-refractivity contribution in [1.82, 2.24) is 0 Å². The Morgan fingerprint density at radius 3 is 2.08 bits per heavy atom. The van der Waals surface area contributed by atoms with Gasteiger partial charge in [-0.05, 0) is 79.7 Å². The summed E-state index contributed by atoms with van der Waals surface area (Å²) in [5.74, 6) is 1.46. The number of methoxy groups -OCH3 is 1. The zero-order valence-electron chi connectivity index (χ0n) is 15.7. The first-order valence-electron chi connectivity index (χ1n) is 10.1. The molecule has 2 fully saturated rings. The molecule has 0 saturated heterocycles. The molecule has 25 heavy (non-hydrogen) atoms. The Kier molecular flexibility index (Phi) is 6.49. The van der Waals surface area contributed by atoms with Crippen LogP contribution in [-0.4, -0.2) is 13.7 Å². The summed E-state index contributed by atoms with van der Waals surface area (Å²) in [5.41, 5.74) is 1.02. The molecule has 0 bridgehead atoms. The normalized spacial score (nSPS) is 30.4. The van der Waals surface area contributed by atoms with E-state index in [1.807, 2.05) is 6.07 Å². The molecule has 3 rings (SSSR count). The van der Waals surface area contributed by atoms with Gasteiger partial charge in [0.15, 0.2) is 11.6 Å². The molecule has 3 heteroatoms. The highest BCUT2D eigenvalue weighted by atomic mass is 19.2. The molecule has 1 aromatic carbocycles. The molecular weight excluding hydrogens is 318 g/mol. The quantitative estimate of drug-likeness (QED) is 0.609. The van der Waals surface area contributed by atoms with Gasteiger partial charge in [-0.2, -0.15) is 0 Å². The average Bonchev–Trinajstić information content (AvgIpc) is 2.64. The van der Waals surface area contributed by atoms with Crippen molar-refractivity contribution in [1.29, 1.82) is 0 Å². The van der Waals surface area contributed by atoms with Crippen LogP contribution in [0.4, 0.5) is 8.78 Å². The molecule has 2 aliphatic carbocycles. The number of benzene rings is 1. The van der Waals surface area contributed by atoms with E-state index >= 15 is 0 Å². The summed E-state index contributed by atoms with van der Waals surface area (Å²) in [4.78, 5) is 0. The zero-order chi connectivity index (χ0) is 17.8. The van der Waals surface area contributed by atoms with Gasteiger partial charge in [0.25, 0.3) is 0 Å².